The van der Waals surface area contributed by atoms with Crippen molar-refractivity contribution in [1.82, 2.24) is 9.97 Å². The first-order valence-electron chi connectivity index (χ1n) is 5.40. The van der Waals surface area contributed by atoms with E-state index in [-0.39, 0.29) is 17.8 Å². The SMILES string of the molecule is NC(=O)[C@@H]1CCCN(c2cc(Cl)nc(N)n2)C1. The second-order valence-electron chi connectivity index (χ2n) is 4.09. The second kappa shape index (κ2) is 4.75. The minimum atomic E-state index is -0.275. The van der Waals surface area contributed by atoms with Gasteiger partial charge in [0.15, 0.2) is 0 Å². The summed E-state index contributed by atoms with van der Waals surface area (Å²) in [7, 11) is 0. The van der Waals surface area contributed by atoms with E-state index in [2.05, 4.69) is 9.97 Å². The Labute approximate surface area is 104 Å². The lowest BCUT2D eigenvalue weighted by molar-refractivity contribution is -0.122. The molecule has 6 nitrogen and oxygen atoms in total. The second-order valence-corrected chi connectivity index (χ2v) is 4.48. The standard InChI is InChI=1S/C10H14ClN5O/c11-7-4-8(15-10(13)14-7)16-3-1-2-6(5-16)9(12)17/h4,6H,1-3,5H2,(H2,12,17)(H2,13,14,15)/t6-/m1/s1. The van der Waals surface area contributed by atoms with Crippen molar-refractivity contribution in [2.24, 2.45) is 11.7 Å². The molecule has 1 aliphatic rings. The molecule has 0 radical (unpaired) electrons. The molecule has 0 aliphatic carbocycles. The van der Waals surface area contributed by atoms with Gasteiger partial charge in [-0.2, -0.15) is 4.98 Å². The van der Waals surface area contributed by atoms with Crippen molar-refractivity contribution >= 4 is 29.3 Å². The maximum absolute atomic E-state index is 11.2. The molecular weight excluding hydrogens is 242 g/mol. The highest BCUT2D eigenvalue weighted by molar-refractivity contribution is 6.29. The molecule has 1 amide bonds. The third-order valence-electron chi connectivity index (χ3n) is 2.85. The van der Waals surface area contributed by atoms with Gasteiger partial charge in [0.05, 0.1) is 5.92 Å². The van der Waals surface area contributed by atoms with E-state index in [1.54, 1.807) is 6.07 Å². The van der Waals surface area contributed by atoms with Crippen molar-refractivity contribution in [3.05, 3.63) is 11.2 Å². The summed E-state index contributed by atoms with van der Waals surface area (Å²) in [6.07, 6.45) is 1.72. The van der Waals surface area contributed by atoms with Crippen LogP contribution in [0, 0.1) is 5.92 Å². The van der Waals surface area contributed by atoms with Gasteiger partial charge in [-0.05, 0) is 12.8 Å². The summed E-state index contributed by atoms with van der Waals surface area (Å²) in [5.41, 5.74) is 10.9. The van der Waals surface area contributed by atoms with Crippen LogP contribution in [0.4, 0.5) is 11.8 Å². The van der Waals surface area contributed by atoms with Gasteiger partial charge < -0.3 is 16.4 Å². The van der Waals surface area contributed by atoms with Gasteiger partial charge in [-0.15, -0.1) is 0 Å². The molecule has 0 bridgehead atoms. The normalized spacial score (nSPS) is 20.3. The fourth-order valence-electron chi connectivity index (χ4n) is 2.00. The molecule has 0 aromatic carbocycles. The van der Waals surface area contributed by atoms with Gasteiger partial charge in [-0.1, -0.05) is 11.6 Å². The van der Waals surface area contributed by atoms with E-state index < -0.39 is 0 Å². The largest absolute Gasteiger partial charge is 0.369 e. The molecule has 1 aromatic heterocycles. The van der Waals surface area contributed by atoms with Crippen LogP contribution >= 0.6 is 11.6 Å². The predicted molar refractivity (Wildman–Crippen MR) is 65.6 cm³/mol. The van der Waals surface area contributed by atoms with Crippen LogP contribution in [0.3, 0.4) is 0 Å². The van der Waals surface area contributed by atoms with Crippen LogP contribution in [-0.2, 0) is 4.79 Å². The van der Waals surface area contributed by atoms with Gasteiger partial charge in [-0.25, -0.2) is 4.98 Å². The van der Waals surface area contributed by atoms with E-state index in [0.717, 1.165) is 19.4 Å². The molecule has 0 spiro atoms. The van der Waals surface area contributed by atoms with E-state index in [0.29, 0.717) is 17.5 Å². The van der Waals surface area contributed by atoms with Crippen molar-refractivity contribution in [2.45, 2.75) is 12.8 Å². The van der Waals surface area contributed by atoms with Crippen LogP contribution in [0.2, 0.25) is 5.15 Å². The van der Waals surface area contributed by atoms with Gasteiger partial charge in [0.2, 0.25) is 11.9 Å². The van der Waals surface area contributed by atoms with E-state index in [1.165, 1.54) is 0 Å². The van der Waals surface area contributed by atoms with Crippen LogP contribution < -0.4 is 16.4 Å². The molecule has 1 fully saturated rings. The first-order valence-corrected chi connectivity index (χ1v) is 5.78. The maximum atomic E-state index is 11.2. The zero-order chi connectivity index (χ0) is 12.4. The summed E-state index contributed by atoms with van der Waals surface area (Å²) in [5.74, 6) is 0.365. The van der Waals surface area contributed by atoms with Crippen molar-refractivity contribution in [3.63, 3.8) is 0 Å². The zero-order valence-electron chi connectivity index (χ0n) is 9.27. The lowest BCUT2D eigenvalue weighted by Gasteiger charge is -2.32. The Morgan fingerprint density at radius 3 is 2.94 bits per heavy atom. The van der Waals surface area contributed by atoms with Gasteiger partial charge in [0.25, 0.3) is 0 Å². The van der Waals surface area contributed by atoms with E-state index in [9.17, 15) is 4.79 Å². The van der Waals surface area contributed by atoms with Crippen LogP contribution in [0.15, 0.2) is 6.07 Å². The highest BCUT2D eigenvalue weighted by atomic mass is 35.5. The fourth-order valence-corrected chi connectivity index (χ4v) is 2.19. The smallest absolute Gasteiger partial charge is 0.223 e. The number of rotatable bonds is 2. The highest BCUT2D eigenvalue weighted by Gasteiger charge is 2.25. The molecule has 7 heteroatoms. The van der Waals surface area contributed by atoms with Crippen molar-refractivity contribution < 1.29 is 4.79 Å². The topological polar surface area (TPSA) is 98.1 Å². The summed E-state index contributed by atoms with van der Waals surface area (Å²) in [6.45, 7) is 1.37. The van der Waals surface area contributed by atoms with E-state index >= 15 is 0 Å². The summed E-state index contributed by atoms with van der Waals surface area (Å²) < 4.78 is 0. The molecule has 17 heavy (non-hydrogen) atoms. The first kappa shape index (κ1) is 11.9. The van der Waals surface area contributed by atoms with Crippen molar-refractivity contribution in [3.8, 4) is 0 Å². The molecular formula is C10H14ClN5O. The molecule has 0 unspecified atom stereocenters. The molecule has 2 rings (SSSR count). The van der Waals surface area contributed by atoms with E-state index in [4.69, 9.17) is 23.1 Å². The average molecular weight is 256 g/mol. The molecule has 1 aromatic rings. The Balaban J connectivity index is 2.18. The van der Waals surface area contributed by atoms with Gasteiger partial charge in [0, 0.05) is 19.2 Å². The summed E-state index contributed by atoms with van der Waals surface area (Å²) in [4.78, 5) is 21.0. The number of anilines is 2. The summed E-state index contributed by atoms with van der Waals surface area (Å²) >= 11 is 5.82. The lowest BCUT2D eigenvalue weighted by atomic mass is 9.97. The minimum Gasteiger partial charge on any atom is -0.369 e. The predicted octanol–water partition coefficient (Wildman–Crippen LogP) is 0.414. The van der Waals surface area contributed by atoms with Gasteiger partial charge in [0.1, 0.15) is 11.0 Å². The van der Waals surface area contributed by atoms with E-state index in [1.807, 2.05) is 4.90 Å². The molecule has 1 saturated heterocycles. The Kier molecular flexibility index (Phi) is 3.33. The van der Waals surface area contributed by atoms with Crippen molar-refractivity contribution in [1.29, 1.82) is 0 Å². The molecule has 1 aliphatic heterocycles. The zero-order valence-corrected chi connectivity index (χ0v) is 10.0. The third kappa shape index (κ3) is 2.76. The van der Waals surface area contributed by atoms with Gasteiger partial charge >= 0.3 is 0 Å². The maximum Gasteiger partial charge on any atom is 0.223 e. The van der Waals surface area contributed by atoms with Crippen LogP contribution in [0.1, 0.15) is 12.8 Å². The molecule has 1 atom stereocenters. The number of aromatic nitrogens is 2. The molecule has 2 heterocycles. The number of piperidine rings is 1. The monoisotopic (exact) mass is 255 g/mol. The number of hydrogen-bond acceptors (Lipinski definition) is 5. The number of nitrogens with zero attached hydrogens (tertiary/aromatic N) is 3. The lowest BCUT2D eigenvalue weighted by Crippen LogP contribution is -2.41. The summed E-state index contributed by atoms with van der Waals surface area (Å²) in [6, 6.07) is 1.64. The Bertz CT molecular complexity index is 418. The molecule has 92 valence electrons. The number of amides is 1. The number of hydrogen-bond donors (Lipinski definition) is 2. The third-order valence-corrected chi connectivity index (χ3v) is 3.04. The molecule has 4 N–H and O–H groups in total. The highest BCUT2D eigenvalue weighted by Crippen LogP contribution is 2.23. The Morgan fingerprint density at radius 1 is 1.53 bits per heavy atom. The van der Waals surface area contributed by atoms with Crippen LogP contribution in [0.25, 0.3) is 0 Å². The fraction of sp³-hybridized carbons (Fsp3) is 0.500. The number of halogens is 1. The average Bonchev–Trinajstić information content (AvgIpc) is 2.28. The van der Waals surface area contributed by atoms with Crippen LogP contribution in [-0.4, -0.2) is 29.0 Å². The minimum absolute atomic E-state index is 0.133. The number of nitrogens with two attached hydrogens (primary N) is 2. The quantitative estimate of drug-likeness (QED) is 0.746. The first-order chi connectivity index (χ1) is 8.06. The van der Waals surface area contributed by atoms with Gasteiger partial charge in [-0.3, -0.25) is 4.79 Å². The van der Waals surface area contributed by atoms with Crippen LogP contribution in [0.5, 0.6) is 0 Å². The number of carbonyl (C=O) groups excluding carboxylic acids is 1. The molecule has 0 saturated carbocycles. The Morgan fingerprint density at radius 2 is 2.29 bits per heavy atom. The summed E-state index contributed by atoms with van der Waals surface area (Å²) in [5, 5.41) is 0.300. The number of primary amides is 1. The van der Waals surface area contributed by atoms with Crippen molar-refractivity contribution in [2.75, 3.05) is 23.7 Å². The Hall–Kier alpha value is -1.56. The number of nitrogen functional groups attached to an aromatic ring is 1. The number of carbonyl (C=O) groups is 1.